The fraction of sp³-hybridized carbons (Fsp3) is 0.158. The molecule has 0 N–H and O–H groups in total. The molecule has 3 heteroatoms. The Balaban J connectivity index is 2.21. The third kappa shape index (κ3) is 4.07. The highest BCUT2D eigenvalue weighted by Crippen LogP contribution is 2.21. The van der Waals surface area contributed by atoms with Gasteiger partial charge in [-0.25, -0.2) is 0 Å². The Labute approximate surface area is 130 Å². The van der Waals surface area contributed by atoms with Crippen molar-refractivity contribution in [1.82, 2.24) is 0 Å². The predicted molar refractivity (Wildman–Crippen MR) is 86.7 cm³/mol. The summed E-state index contributed by atoms with van der Waals surface area (Å²) in [6.07, 6.45) is 3.30. The second kappa shape index (κ2) is 7.24. The largest absolute Gasteiger partial charge is 0.490 e. The van der Waals surface area contributed by atoms with Crippen molar-refractivity contribution in [2.75, 3.05) is 0 Å². The minimum atomic E-state index is -0.142. The van der Waals surface area contributed by atoms with E-state index in [0.717, 1.165) is 11.3 Å². The van der Waals surface area contributed by atoms with Crippen LogP contribution in [0.1, 0.15) is 35.3 Å². The van der Waals surface area contributed by atoms with Crippen molar-refractivity contribution in [1.29, 1.82) is 5.26 Å². The molecule has 0 aliphatic carbocycles. The van der Waals surface area contributed by atoms with Crippen molar-refractivity contribution < 1.29 is 9.53 Å². The van der Waals surface area contributed by atoms with Gasteiger partial charge in [-0.05, 0) is 44.2 Å². The van der Waals surface area contributed by atoms with Gasteiger partial charge in [-0.2, -0.15) is 5.26 Å². The summed E-state index contributed by atoms with van der Waals surface area (Å²) < 4.78 is 5.71. The van der Waals surface area contributed by atoms with Crippen molar-refractivity contribution in [2.24, 2.45) is 0 Å². The summed E-state index contributed by atoms with van der Waals surface area (Å²) in [4.78, 5) is 12.2. The van der Waals surface area contributed by atoms with E-state index >= 15 is 0 Å². The first-order chi connectivity index (χ1) is 10.6. The van der Waals surface area contributed by atoms with Gasteiger partial charge in [0.15, 0.2) is 5.78 Å². The Morgan fingerprint density at radius 3 is 2.68 bits per heavy atom. The van der Waals surface area contributed by atoms with E-state index in [1.54, 1.807) is 30.3 Å². The van der Waals surface area contributed by atoms with Crippen molar-refractivity contribution in [3.63, 3.8) is 0 Å². The van der Waals surface area contributed by atoms with Gasteiger partial charge < -0.3 is 4.74 Å². The van der Waals surface area contributed by atoms with E-state index in [-0.39, 0.29) is 11.9 Å². The molecule has 0 radical (unpaired) electrons. The second-order valence-corrected chi connectivity index (χ2v) is 5.09. The maximum Gasteiger partial charge on any atom is 0.185 e. The zero-order valence-corrected chi connectivity index (χ0v) is 12.6. The van der Waals surface area contributed by atoms with Crippen LogP contribution in [0.5, 0.6) is 5.75 Å². The summed E-state index contributed by atoms with van der Waals surface area (Å²) in [5.41, 5.74) is 1.82. The normalized spacial score (nSPS) is 10.6. The fourth-order valence-electron chi connectivity index (χ4n) is 1.98. The highest BCUT2D eigenvalue weighted by atomic mass is 16.5. The number of hydrogen-bond donors (Lipinski definition) is 0. The molecule has 0 unspecified atom stereocenters. The highest BCUT2D eigenvalue weighted by molar-refractivity contribution is 6.07. The lowest BCUT2D eigenvalue weighted by Gasteiger charge is -2.11. The minimum absolute atomic E-state index is 0.0672. The maximum absolute atomic E-state index is 12.2. The highest BCUT2D eigenvalue weighted by Gasteiger charge is 2.05. The first kappa shape index (κ1) is 15.5. The molecule has 0 atom stereocenters. The molecule has 0 amide bonds. The minimum Gasteiger partial charge on any atom is -0.490 e. The molecular formula is C19H17NO2. The van der Waals surface area contributed by atoms with Crippen LogP contribution in [0.4, 0.5) is 0 Å². The van der Waals surface area contributed by atoms with E-state index in [4.69, 9.17) is 10.00 Å². The van der Waals surface area contributed by atoms with Crippen molar-refractivity contribution in [2.45, 2.75) is 20.0 Å². The van der Waals surface area contributed by atoms with Gasteiger partial charge in [0.1, 0.15) is 5.75 Å². The van der Waals surface area contributed by atoms with Gasteiger partial charge in [0, 0.05) is 11.1 Å². The van der Waals surface area contributed by atoms with Crippen LogP contribution in [-0.2, 0) is 0 Å². The lowest BCUT2D eigenvalue weighted by Crippen LogP contribution is -2.06. The molecule has 0 saturated heterocycles. The van der Waals surface area contributed by atoms with Gasteiger partial charge in [-0.3, -0.25) is 4.79 Å². The molecule has 0 aromatic heterocycles. The van der Waals surface area contributed by atoms with Crippen molar-refractivity contribution in [3.8, 4) is 11.8 Å². The number of ether oxygens (including phenoxy) is 1. The Bertz CT molecular complexity index is 739. The molecule has 2 rings (SSSR count). The number of allylic oxidation sites excluding steroid dienone is 1. The summed E-state index contributed by atoms with van der Waals surface area (Å²) in [5, 5.41) is 8.88. The molecule has 0 fully saturated rings. The first-order valence-corrected chi connectivity index (χ1v) is 7.08. The van der Waals surface area contributed by atoms with Gasteiger partial charge in [0.25, 0.3) is 0 Å². The summed E-state index contributed by atoms with van der Waals surface area (Å²) in [7, 11) is 0. The molecule has 0 heterocycles. The number of nitrogens with zero attached hydrogens (tertiary/aromatic N) is 1. The van der Waals surface area contributed by atoms with Crippen LogP contribution in [0.25, 0.3) is 6.08 Å². The molecule has 110 valence electrons. The molecule has 0 aliphatic heterocycles. The van der Waals surface area contributed by atoms with Crippen LogP contribution < -0.4 is 4.74 Å². The number of para-hydroxylation sites is 1. The molecular weight excluding hydrogens is 274 g/mol. The number of rotatable bonds is 5. The quantitative estimate of drug-likeness (QED) is 0.611. The molecule has 22 heavy (non-hydrogen) atoms. The standard InChI is InChI=1S/C19H17NO2/c1-14(2)22-19-9-4-3-7-16(19)10-11-18(21)17-8-5-6-15(12-17)13-20/h3-12,14H,1-2H3/b11-10+. The van der Waals surface area contributed by atoms with Crippen LogP contribution in [-0.4, -0.2) is 11.9 Å². The summed E-state index contributed by atoms with van der Waals surface area (Å²) >= 11 is 0. The zero-order valence-electron chi connectivity index (χ0n) is 12.6. The van der Waals surface area contributed by atoms with E-state index < -0.39 is 0 Å². The number of hydrogen-bond acceptors (Lipinski definition) is 3. The molecule has 2 aromatic carbocycles. The predicted octanol–water partition coefficient (Wildman–Crippen LogP) is 4.24. The van der Waals surface area contributed by atoms with E-state index in [1.165, 1.54) is 6.08 Å². The second-order valence-electron chi connectivity index (χ2n) is 5.09. The maximum atomic E-state index is 12.2. The van der Waals surface area contributed by atoms with Crippen LogP contribution >= 0.6 is 0 Å². The van der Waals surface area contributed by atoms with Gasteiger partial charge >= 0.3 is 0 Å². The monoisotopic (exact) mass is 291 g/mol. The molecule has 0 aliphatic rings. The Hall–Kier alpha value is -2.86. The van der Waals surface area contributed by atoms with E-state index in [0.29, 0.717) is 11.1 Å². The Kier molecular flexibility index (Phi) is 5.11. The number of benzene rings is 2. The Morgan fingerprint density at radius 2 is 1.95 bits per heavy atom. The zero-order chi connectivity index (χ0) is 15.9. The van der Waals surface area contributed by atoms with E-state index in [1.807, 2.05) is 44.2 Å². The van der Waals surface area contributed by atoms with Crippen LogP contribution in [0.2, 0.25) is 0 Å². The summed E-state index contributed by atoms with van der Waals surface area (Å²) in [5.74, 6) is 0.601. The number of carbonyl (C=O) groups is 1. The lowest BCUT2D eigenvalue weighted by molar-refractivity contribution is 0.104. The molecule has 0 bridgehead atoms. The molecule has 0 spiro atoms. The van der Waals surface area contributed by atoms with Gasteiger partial charge in [0.05, 0.1) is 17.7 Å². The SMILES string of the molecule is CC(C)Oc1ccccc1/C=C/C(=O)c1cccc(C#N)c1. The number of nitriles is 1. The molecule has 0 saturated carbocycles. The van der Waals surface area contributed by atoms with Crippen LogP contribution in [0.3, 0.4) is 0 Å². The van der Waals surface area contributed by atoms with Crippen molar-refractivity contribution >= 4 is 11.9 Å². The first-order valence-electron chi connectivity index (χ1n) is 7.08. The Morgan fingerprint density at radius 1 is 1.18 bits per heavy atom. The summed E-state index contributed by atoms with van der Waals surface area (Å²) in [6, 6.07) is 16.3. The number of ketones is 1. The summed E-state index contributed by atoms with van der Waals surface area (Å²) in [6.45, 7) is 3.91. The average Bonchev–Trinajstić information content (AvgIpc) is 2.53. The van der Waals surface area contributed by atoms with Gasteiger partial charge in [-0.1, -0.05) is 30.3 Å². The number of carbonyl (C=O) groups excluding carboxylic acids is 1. The van der Waals surface area contributed by atoms with Crippen molar-refractivity contribution in [3.05, 3.63) is 71.3 Å². The average molecular weight is 291 g/mol. The fourth-order valence-corrected chi connectivity index (χ4v) is 1.98. The van der Waals surface area contributed by atoms with E-state index in [9.17, 15) is 4.79 Å². The van der Waals surface area contributed by atoms with Gasteiger partial charge in [-0.15, -0.1) is 0 Å². The smallest absolute Gasteiger partial charge is 0.185 e. The van der Waals surface area contributed by atoms with Gasteiger partial charge in [0.2, 0.25) is 0 Å². The van der Waals surface area contributed by atoms with Crippen LogP contribution in [0, 0.1) is 11.3 Å². The third-order valence-electron chi connectivity index (χ3n) is 2.97. The third-order valence-corrected chi connectivity index (χ3v) is 2.97. The van der Waals surface area contributed by atoms with E-state index in [2.05, 4.69) is 0 Å². The topological polar surface area (TPSA) is 50.1 Å². The molecule has 2 aromatic rings. The van der Waals surface area contributed by atoms with Crippen LogP contribution in [0.15, 0.2) is 54.6 Å². The lowest BCUT2D eigenvalue weighted by atomic mass is 10.1. The molecule has 3 nitrogen and oxygen atoms in total.